The smallest absolute Gasteiger partial charge is 0.185 e. The Morgan fingerprint density at radius 3 is 1.67 bits per heavy atom. The van der Waals surface area contributed by atoms with Gasteiger partial charge in [-0.05, 0) is 0 Å². The van der Waals surface area contributed by atoms with Gasteiger partial charge in [-0.15, -0.1) is 0 Å². The van der Waals surface area contributed by atoms with E-state index in [0.29, 0.717) is 0 Å². The van der Waals surface area contributed by atoms with Crippen molar-refractivity contribution in [3.05, 3.63) is 48.6 Å². The lowest BCUT2D eigenvalue weighted by Gasteiger charge is -2.09. The van der Waals surface area contributed by atoms with Crippen molar-refractivity contribution in [2.24, 2.45) is 0 Å². The largest absolute Gasteiger partial charge is 0.370 e. The molecule has 6 nitrogen and oxygen atoms in total. The Balaban J connectivity index is 1.90. The quantitative estimate of drug-likeness (QED) is 0.843. The maximum absolute atomic E-state index is 12.9. The molecule has 2 aromatic rings. The van der Waals surface area contributed by atoms with Crippen LogP contribution in [0.3, 0.4) is 0 Å². The number of nitrogens with one attached hydrogen (secondary N) is 2. The molecule has 9 heteroatoms. The van der Waals surface area contributed by atoms with Gasteiger partial charge in [0.15, 0.2) is 9.84 Å². The number of anilines is 2. The molecule has 0 aromatic carbocycles. The summed E-state index contributed by atoms with van der Waals surface area (Å²) in [6.07, 6.45) is 4.64. The number of nitrogens with zero attached hydrogens (tertiary/aromatic N) is 2. The molecule has 0 atom stereocenters. The second kappa shape index (κ2) is 6.44. The zero-order valence-electron chi connectivity index (χ0n) is 10.8. The van der Waals surface area contributed by atoms with Gasteiger partial charge in [-0.3, -0.25) is 9.97 Å². The summed E-state index contributed by atoms with van der Waals surface area (Å²) in [5.41, 5.74) is 0.511. The average Bonchev–Trinajstić information content (AvgIpc) is 2.44. The highest BCUT2D eigenvalue weighted by molar-refractivity contribution is 7.91. The second-order valence-electron chi connectivity index (χ2n) is 4.17. The maximum Gasteiger partial charge on any atom is 0.185 e. The molecule has 0 saturated heterocycles. The zero-order valence-corrected chi connectivity index (χ0v) is 11.6. The normalized spacial score (nSPS) is 11.1. The van der Waals surface area contributed by atoms with Gasteiger partial charge in [0.05, 0.1) is 36.2 Å². The van der Waals surface area contributed by atoms with Crippen LogP contribution in [0.4, 0.5) is 20.2 Å². The first-order chi connectivity index (χ1) is 9.94. The molecule has 0 radical (unpaired) electrons. The lowest BCUT2D eigenvalue weighted by atomic mass is 10.4. The summed E-state index contributed by atoms with van der Waals surface area (Å²) >= 11 is 0. The standard InChI is InChI=1S/C12H12F2N4O2S/c13-9-1-11(5-15-3-9)17-7-21(19,20)8-18-12-2-10(14)4-16-6-12/h1-6,17-18H,7-8H2. The third kappa shape index (κ3) is 4.95. The summed E-state index contributed by atoms with van der Waals surface area (Å²) in [6.45, 7) is 0. The number of halogens is 2. The SMILES string of the molecule is O=S(=O)(CNc1cncc(F)c1)CNc1cncc(F)c1. The Bertz CT molecular complexity index is 669. The summed E-state index contributed by atoms with van der Waals surface area (Å²) in [7, 11) is -3.53. The fourth-order valence-corrected chi connectivity index (χ4v) is 2.33. The Morgan fingerprint density at radius 2 is 1.29 bits per heavy atom. The fourth-order valence-electron chi connectivity index (χ4n) is 1.45. The van der Waals surface area contributed by atoms with Crippen LogP contribution in [0.25, 0.3) is 0 Å². The van der Waals surface area contributed by atoms with Crippen LogP contribution in [0, 0.1) is 11.6 Å². The molecule has 0 aliphatic heterocycles. The lowest BCUT2D eigenvalue weighted by molar-refractivity contribution is 0.598. The Labute approximate surface area is 120 Å². The molecule has 0 fully saturated rings. The van der Waals surface area contributed by atoms with E-state index >= 15 is 0 Å². The minimum Gasteiger partial charge on any atom is -0.370 e. The number of pyridine rings is 2. The lowest BCUT2D eigenvalue weighted by Crippen LogP contribution is -2.22. The highest BCUT2D eigenvalue weighted by atomic mass is 32.2. The maximum atomic E-state index is 12.9. The van der Waals surface area contributed by atoms with E-state index in [2.05, 4.69) is 20.6 Å². The molecule has 0 spiro atoms. The molecule has 0 amide bonds. The van der Waals surface area contributed by atoms with Crippen LogP contribution in [0.2, 0.25) is 0 Å². The van der Waals surface area contributed by atoms with Gasteiger partial charge in [0.25, 0.3) is 0 Å². The molecular formula is C12H12F2N4O2S. The van der Waals surface area contributed by atoms with E-state index in [-0.39, 0.29) is 11.4 Å². The van der Waals surface area contributed by atoms with Crippen molar-refractivity contribution in [3.8, 4) is 0 Å². The van der Waals surface area contributed by atoms with E-state index in [1.165, 1.54) is 12.4 Å². The first-order valence-electron chi connectivity index (χ1n) is 5.84. The Hall–Kier alpha value is -2.29. The predicted octanol–water partition coefficient (Wildman–Crippen LogP) is 1.61. The van der Waals surface area contributed by atoms with Gasteiger partial charge in [-0.2, -0.15) is 0 Å². The molecule has 112 valence electrons. The van der Waals surface area contributed by atoms with Crippen LogP contribution in [-0.2, 0) is 9.84 Å². The molecule has 0 bridgehead atoms. The van der Waals surface area contributed by atoms with E-state index in [1.54, 1.807) is 0 Å². The molecule has 21 heavy (non-hydrogen) atoms. The van der Waals surface area contributed by atoms with E-state index in [0.717, 1.165) is 24.5 Å². The van der Waals surface area contributed by atoms with Gasteiger partial charge in [0, 0.05) is 12.1 Å². The summed E-state index contributed by atoms with van der Waals surface area (Å²) < 4.78 is 49.4. The predicted molar refractivity (Wildman–Crippen MR) is 74.3 cm³/mol. The van der Waals surface area contributed by atoms with E-state index < -0.39 is 33.2 Å². The van der Waals surface area contributed by atoms with Gasteiger partial charge >= 0.3 is 0 Å². The van der Waals surface area contributed by atoms with Crippen LogP contribution in [0.1, 0.15) is 0 Å². The molecule has 2 heterocycles. The Kier molecular flexibility index (Phi) is 4.63. The molecule has 0 unspecified atom stereocenters. The van der Waals surface area contributed by atoms with Crippen molar-refractivity contribution in [2.75, 3.05) is 22.4 Å². The van der Waals surface area contributed by atoms with Crippen LogP contribution < -0.4 is 10.6 Å². The number of hydrogen-bond acceptors (Lipinski definition) is 6. The minimum absolute atomic E-state index is 0.256. The first kappa shape index (κ1) is 15.1. The van der Waals surface area contributed by atoms with Crippen molar-refractivity contribution < 1.29 is 17.2 Å². The van der Waals surface area contributed by atoms with E-state index in [9.17, 15) is 17.2 Å². The number of sulfone groups is 1. The highest BCUT2D eigenvalue weighted by Crippen LogP contribution is 2.09. The highest BCUT2D eigenvalue weighted by Gasteiger charge is 2.11. The van der Waals surface area contributed by atoms with Gasteiger partial charge in [0.1, 0.15) is 23.4 Å². The third-order valence-electron chi connectivity index (χ3n) is 2.40. The van der Waals surface area contributed by atoms with Gasteiger partial charge in [-0.1, -0.05) is 0 Å². The third-order valence-corrected chi connectivity index (χ3v) is 3.57. The molecule has 0 saturated carbocycles. The monoisotopic (exact) mass is 314 g/mol. The number of aromatic nitrogens is 2. The summed E-state index contributed by atoms with van der Waals surface area (Å²) in [4.78, 5) is 7.18. The van der Waals surface area contributed by atoms with Crippen LogP contribution in [0.15, 0.2) is 36.9 Å². The van der Waals surface area contributed by atoms with Gasteiger partial charge in [-0.25, -0.2) is 17.2 Å². The van der Waals surface area contributed by atoms with Crippen molar-refractivity contribution in [1.82, 2.24) is 9.97 Å². The number of rotatable bonds is 6. The van der Waals surface area contributed by atoms with Gasteiger partial charge < -0.3 is 10.6 Å². The van der Waals surface area contributed by atoms with Crippen molar-refractivity contribution >= 4 is 21.2 Å². The summed E-state index contributed by atoms with van der Waals surface area (Å²) in [5.74, 6) is -1.95. The molecule has 2 rings (SSSR count). The molecule has 2 aromatic heterocycles. The fraction of sp³-hybridized carbons (Fsp3) is 0.167. The van der Waals surface area contributed by atoms with Crippen LogP contribution in [0.5, 0.6) is 0 Å². The minimum atomic E-state index is -3.53. The van der Waals surface area contributed by atoms with Crippen molar-refractivity contribution in [1.29, 1.82) is 0 Å². The summed E-state index contributed by atoms with van der Waals surface area (Å²) in [5, 5.41) is 5.11. The van der Waals surface area contributed by atoms with Crippen LogP contribution in [-0.4, -0.2) is 30.1 Å². The second-order valence-corrected chi connectivity index (χ2v) is 6.23. The van der Waals surface area contributed by atoms with Crippen molar-refractivity contribution in [2.45, 2.75) is 0 Å². The van der Waals surface area contributed by atoms with E-state index in [4.69, 9.17) is 0 Å². The number of hydrogen-bond donors (Lipinski definition) is 2. The molecular weight excluding hydrogens is 302 g/mol. The molecule has 0 aliphatic rings. The van der Waals surface area contributed by atoms with Gasteiger partial charge in [0.2, 0.25) is 0 Å². The molecule has 2 N–H and O–H groups in total. The topological polar surface area (TPSA) is 84.0 Å². The first-order valence-corrected chi connectivity index (χ1v) is 7.66. The Morgan fingerprint density at radius 1 is 0.857 bits per heavy atom. The average molecular weight is 314 g/mol. The zero-order chi connectivity index (χ0) is 15.3. The summed E-state index contributed by atoms with van der Waals surface area (Å²) in [6, 6.07) is 2.26. The van der Waals surface area contributed by atoms with E-state index in [1.807, 2.05) is 0 Å². The van der Waals surface area contributed by atoms with Crippen molar-refractivity contribution in [3.63, 3.8) is 0 Å². The molecule has 0 aliphatic carbocycles. The van der Waals surface area contributed by atoms with Crippen LogP contribution >= 0.6 is 0 Å².